The minimum Gasteiger partial charge on any atom is -0.462 e. The first-order chi connectivity index (χ1) is 10.1. The molecule has 0 aliphatic heterocycles. The molecule has 0 aliphatic carbocycles. The van der Waals surface area contributed by atoms with E-state index in [9.17, 15) is 4.79 Å². The van der Waals surface area contributed by atoms with Crippen LogP contribution in [0.2, 0.25) is 0 Å². The van der Waals surface area contributed by atoms with Crippen molar-refractivity contribution in [1.82, 2.24) is 0 Å². The molecular formula is C15H12N4O2. The number of anilines is 1. The number of nitrogens with one attached hydrogen (secondary N) is 1. The molecule has 0 fully saturated rings. The highest BCUT2D eigenvalue weighted by molar-refractivity contribution is 5.93. The Morgan fingerprint density at radius 3 is 2.43 bits per heavy atom. The van der Waals surface area contributed by atoms with Crippen LogP contribution in [0.25, 0.3) is 0 Å². The fourth-order valence-electron chi connectivity index (χ4n) is 1.62. The molecule has 0 heterocycles. The molecule has 0 unspecified atom stereocenters. The number of carbonyl (C=O) groups excluding carboxylic acids is 1. The van der Waals surface area contributed by atoms with E-state index >= 15 is 0 Å². The molecule has 0 bridgehead atoms. The van der Waals surface area contributed by atoms with E-state index in [1.54, 1.807) is 50.3 Å². The summed E-state index contributed by atoms with van der Waals surface area (Å²) in [4.78, 5) is 11.8. The predicted octanol–water partition coefficient (Wildman–Crippen LogP) is 2.41. The SMILES string of the molecule is CCOC(=O)c1cccc(NC(C#N)=C(C#N)C#N)c1C. The summed E-state index contributed by atoms with van der Waals surface area (Å²) in [6, 6.07) is 9.91. The number of carbonyl (C=O) groups is 1. The van der Waals surface area contributed by atoms with Gasteiger partial charge < -0.3 is 10.1 Å². The van der Waals surface area contributed by atoms with Gasteiger partial charge in [-0.3, -0.25) is 0 Å². The Kier molecular flexibility index (Phi) is 5.50. The molecule has 6 nitrogen and oxygen atoms in total. The van der Waals surface area contributed by atoms with Gasteiger partial charge in [0.15, 0.2) is 5.57 Å². The van der Waals surface area contributed by atoms with Gasteiger partial charge in [0.1, 0.15) is 23.9 Å². The lowest BCUT2D eigenvalue weighted by Crippen LogP contribution is -2.09. The largest absolute Gasteiger partial charge is 0.462 e. The van der Waals surface area contributed by atoms with Crippen LogP contribution < -0.4 is 5.32 Å². The average molecular weight is 280 g/mol. The fourth-order valence-corrected chi connectivity index (χ4v) is 1.62. The number of hydrogen-bond acceptors (Lipinski definition) is 6. The molecule has 1 rings (SSSR count). The summed E-state index contributed by atoms with van der Waals surface area (Å²) in [7, 11) is 0. The number of rotatable bonds is 4. The Bertz CT molecular complexity index is 699. The number of esters is 1. The minimum atomic E-state index is -0.470. The molecule has 1 N–H and O–H groups in total. The quantitative estimate of drug-likeness (QED) is 0.669. The highest BCUT2D eigenvalue weighted by Gasteiger charge is 2.14. The van der Waals surface area contributed by atoms with Gasteiger partial charge in [-0.05, 0) is 31.5 Å². The topological polar surface area (TPSA) is 110 Å². The molecule has 0 atom stereocenters. The van der Waals surface area contributed by atoms with E-state index in [0.717, 1.165) is 0 Å². The molecule has 1 aromatic rings. The Balaban J connectivity index is 3.24. The monoisotopic (exact) mass is 280 g/mol. The van der Waals surface area contributed by atoms with Crippen LogP contribution in [0.3, 0.4) is 0 Å². The van der Waals surface area contributed by atoms with Crippen molar-refractivity contribution >= 4 is 11.7 Å². The van der Waals surface area contributed by atoms with Crippen molar-refractivity contribution in [2.24, 2.45) is 0 Å². The Morgan fingerprint density at radius 1 is 1.24 bits per heavy atom. The van der Waals surface area contributed by atoms with Crippen LogP contribution in [-0.4, -0.2) is 12.6 Å². The normalized spacial score (nSPS) is 8.71. The van der Waals surface area contributed by atoms with E-state index in [4.69, 9.17) is 20.5 Å². The van der Waals surface area contributed by atoms with Crippen molar-refractivity contribution in [3.05, 3.63) is 40.6 Å². The minimum absolute atomic E-state index is 0.163. The molecule has 0 saturated carbocycles. The number of ether oxygens (including phenoxy) is 1. The maximum Gasteiger partial charge on any atom is 0.338 e. The van der Waals surface area contributed by atoms with Crippen LogP contribution in [-0.2, 0) is 4.74 Å². The van der Waals surface area contributed by atoms with Gasteiger partial charge in [0, 0.05) is 5.69 Å². The van der Waals surface area contributed by atoms with Crippen molar-refractivity contribution in [2.45, 2.75) is 13.8 Å². The first-order valence-electron chi connectivity index (χ1n) is 6.07. The van der Waals surface area contributed by atoms with E-state index in [1.165, 1.54) is 0 Å². The molecule has 0 amide bonds. The van der Waals surface area contributed by atoms with Gasteiger partial charge in [-0.1, -0.05) is 6.07 Å². The number of hydrogen-bond donors (Lipinski definition) is 1. The van der Waals surface area contributed by atoms with E-state index in [-0.39, 0.29) is 17.9 Å². The summed E-state index contributed by atoms with van der Waals surface area (Å²) in [5.74, 6) is -0.470. The number of nitriles is 3. The van der Waals surface area contributed by atoms with E-state index in [0.29, 0.717) is 16.8 Å². The fraction of sp³-hybridized carbons (Fsp3) is 0.200. The third-order valence-electron chi connectivity index (χ3n) is 2.67. The molecule has 6 heteroatoms. The third-order valence-corrected chi connectivity index (χ3v) is 2.67. The van der Waals surface area contributed by atoms with E-state index in [1.807, 2.05) is 0 Å². The first kappa shape index (κ1) is 15.8. The van der Waals surface area contributed by atoms with Gasteiger partial charge in [0.25, 0.3) is 0 Å². The smallest absolute Gasteiger partial charge is 0.338 e. The zero-order chi connectivity index (χ0) is 15.8. The number of allylic oxidation sites excluding steroid dienone is 2. The van der Waals surface area contributed by atoms with Gasteiger partial charge in [-0.15, -0.1) is 0 Å². The lowest BCUT2D eigenvalue weighted by Gasteiger charge is -2.11. The first-order valence-corrected chi connectivity index (χ1v) is 6.07. The lowest BCUT2D eigenvalue weighted by atomic mass is 10.1. The second-order valence-electron chi connectivity index (χ2n) is 3.91. The van der Waals surface area contributed by atoms with Gasteiger partial charge in [0.05, 0.1) is 12.2 Å². The summed E-state index contributed by atoms with van der Waals surface area (Å²) in [5, 5.41) is 29.3. The summed E-state index contributed by atoms with van der Waals surface area (Å²) < 4.78 is 4.94. The Hall–Kier alpha value is -3.30. The highest BCUT2D eigenvalue weighted by Crippen LogP contribution is 2.22. The zero-order valence-electron chi connectivity index (χ0n) is 11.6. The maximum atomic E-state index is 11.8. The molecule has 0 radical (unpaired) electrons. The molecule has 0 spiro atoms. The Morgan fingerprint density at radius 2 is 1.90 bits per heavy atom. The molecule has 1 aromatic carbocycles. The summed E-state index contributed by atoms with van der Waals surface area (Å²) in [6.45, 7) is 3.65. The van der Waals surface area contributed by atoms with Crippen molar-refractivity contribution in [3.63, 3.8) is 0 Å². The van der Waals surface area contributed by atoms with E-state index in [2.05, 4.69) is 5.32 Å². The lowest BCUT2D eigenvalue weighted by molar-refractivity contribution is 0.0525. The van der Waals surface area contributed by atoms with Crippen molar-refractivity contribution in [3.8, 4) is 18.2 Å². The summed E-state index contributed by atoms with van der Waals surface area (Å²) in [6.07, 6.45) is 0. The van der Waals surface area contributed by atoms with Gasteiger partial charge in [-0.25, -0.2) is 4.79 Å². The van der Waals surface area contributed by atoms with Gasteiger partial charge in [-0.2, -0.15) is 15.8 Å². The van der Waals surface area contributed by atoms with Crippen molar-refractivity contribution < 1.29 is 9.53 Å². The summed E-state index contributed by atoms with van der Waals surface area (Å²) in [5.41, 5.74) is 0.899. The van der Waals surface area contributed by atoms with Crippen molar-refractivity contribution in [1.29, 1.82) is 15.8 Å². The predicted molar refractivity (Wildman–Crippen MR) is 74.6 cm³/mol. The molecule has 21 heavy (non-hydrogen) atoms. The van der Waals surface area contributed by atoms with Crippen LogP contribution >= 0.6 is 0 Å². The molecule has 0 aromatic heterocycles. The second kappa shape index (κ2) is 7.33. The standard InChI is InChI=1S/C15H12N4O2/c1-3-21-15(20)12-5-4-6-13(10(12)2)19-14(9-18)11(7-16)8-17/h4-6,19H,3H2,1-2H3. The van der Waals surface area contributed by atoms with E-state index < -0.39 is 5.97 Å². The summed E-state index contributed by atoms with van der Waals surface area (Å²) >= 11 is 0. The van der Waals surface area contributed by atoms with Crippen LogP contribution in [0, 0.1) is 40.9 Å². The molecule has 0 aliphatic rings. The molecule has 104 valence electrons. The third kappa shape index (κ3) is 3.59. The second-order valence-corrected chi connectivity index (χ2v) is 3.91. The van der Waals surface area contributed by atoms with Crippen molar-refractivity contribution in [2.75, 3.05) is 11.9 Å². The average Bonchev–Trinajstić information content (AvgIpc) is 2.49. The number of benzene rings is 1. The zero-order valence-corrected chi connectivity index (χ0v) is 11.6. The Labute approximate surface area is 122 Å². The van der Waals surface area contributed by atoms with Crippen LogP contribution in [0.5, 0.6) is 0 Å². The van der Waals surface area contributed by atoms with Gasteiger partial charge >= 0.3 is 5.97 Å². The van der Waals surface area contributed by atoms with Crippen LogP contribution in [0.15, 0.2) is 29.5 Å². The maximum absolute atomic E-state index is 11.8. The molecule has 0 saturated heterocycles. The number of nitrogens with zero attached hydrogens (tertiary/aromatic N) is 3. The van der Waals surface area contributed by atoms with Crippen LogP contribution in [0.4, 0.5) is 5.69 Å². The van der Waals surface area contributed by atoms with Crippen LogP contribution in [0.1, 0.15) is 22.8 Å². The molecular weight excluding hydrogens is 268 g/mol. The van der Waals surface area contributed by atoms with Gasteiger partial charge in [0.2, 0.25) is 0 Å². The highest BCUT2D eigenvalue weighted by atomic mass is 16.5.